The van der Waals surface area contributed by atoms with E-state index in [2.05, 4.69) is 4.98 Å². The maximum Gasteiger partial charge on any atom is 0.242 e. The zero-order chi connectivity index (χ0) is 16.1. The molecular formula is C17H23N3O3. The zero-order valence-electron chi connectivity index (χ0n) is 13.2. The minimum Gasteiger partial charge on any atom is -0.467 e. The number of likely N-dealkylation sites (tertiary alicyclic amines) is 1. The molecule has 3 rings (SSSR count). The molecule has 6 nitrogen and oxygen atoms in total. The number of carbonyl (C=O) groups is 1. The Balaban J connectivity index is 1.68. The predicted octanol–water partition coefficient (Wildman–Crippen LogP) is 2.37. The Morgan fingerprint density at radius 1 is 1.43 bits per heavy atom. The van der Waals surface area contributed by atoms with Crippen molar-refractivity contribution in [3.05, 3.63) is 42.9 Å². The summed E-state index contributed by atoms with van der Waals surface area (Å²) in [6.07, 6.45) is 10.7. The molecule has 0 aromatic carbocycles. The third kappa shape index (κ3) is 4.01. The summed E-state index contributed by atoms with van der Waals surface area (Å²) in [5, 5.41) is 10.4. The normalized spacial score (nSPS) is 20.2. The lowest BCUT2D eigenvalue weighted by atomic mass is 10.0. The van der Waals surface area contributed by atoms with E-state index in [0.29, 0.717) is 18.7 Å². The highest BCUT2D eigenvalue weighted by Gasteiger charge is 2.28. The van der Waals surface area contributed by atoms with Gasteiger partial charge >= 0.3 is 0 Å². The largest absolute Gasteiger partial charge is 0.467 e. The van der Waals surface area contributed by atoms with Crippen LogP contribution in [0.5, 0.6) is 0 Å². The summed E-state index contributed by atoms with van der Waals surface area (Å²) in [6, 6.07) is 3.60. The molecule has 3 heterocycles. The molecule has 1 saturated heterocycles. The first-order valence-corrected chi connectivity index (χ1v) is 8.20. The lowest BCUT2D eigenvalue weighted by Gasteiger charge is -2.31. The monoisotopic (exact) mass is 317 g/mol. The van der Waals surface area contributed by atoms with Gasteiger partial charge in [-0.3, -0.25) is 4.79 Å². The van der Waals surface area contributed by atoms with Crippen LogP contribution in [0, 0.1) is 0 Å². The first-order chi connectivity index (χ1) is 11.2. The van der Waals surface area contributed by atoms with Gasteiger partial charge in [-0.2, -0.15) is 0 Å². The van der Waals surface area contributed by atoms with Crippen LogP contribution in [0.2, 0.25) is 0 Å². The summed E-state index contributed by atoms with van der Waals surface area (Å²) in [5.74, 6) is 0.651. The number of imidazole rings is 1. The van der Waals surface area contributed by atoms with E-state index in [1.54, 1.807) is 41.7 Å². The number of aliphatic hydroxyl groups is 1. The average molecular weight is 317 g/mol. The Morgan fingerprint density at radius 2 is 2.35 bits per heavy atom. The molecule has 0 aliphatic carbocycles. The standard InChI is InChI=1S/C17H23N3O3/c21-15(16-6-4-10-23-16)11-14-5-2-1-3-8-20(14)17(22)12-19-9-7-18-13-19/h4,6-7,9-10,13-15,21H,1-3,5,8,11-12H2/t14-,15-/m0/s1. The molecule has 2 aromatic heterocycles. The summed E-state index contributed by atoms with van der Waals surface area (Å²) < 4.78 is 7.07. The third-order valence-corrected chi connectivity index (χ3v) is 4.44. The van der Waals surface area contributed by atoms with E-state index >= 15 is 0 Å². The molecule has 1 fully saturated rings. The van der Waals surface area contributed by atoms with Crippen LogP contribution in [-0.2, 0) is 11.3 Å². The van der Waals surface area contributed by atoms with Crippen molar-refractivity contribution in [3.8, 4) is 0 Å². The lowest BCUT2D eigenvalue weighted by molar-refractivity contribution is -0.134. The van der Waals surface area contributed by atoms with Crippen molar-refractivity contribution in [2.24, 2.45) is 0 Å². The van der Waals surface area contributed by atoms with Crippen LogP contribution >= 0.6 is 0 Å². The lowest BCUT2D eigenvalue weighted by Crippen LogP contribution is -2.42. The van der Waals surface area contributed by atoms with E-state index in [1.165, 1.54) is 0 Å². The molecule has 0 bridgehead atoms. The van der Waals surface area contributed by atoms with Crippen molar-refractivity contribution in [2.45, 2.75) is 50.8 Å². The van der Waals surface area contributed by atoms with Gasteiger partial charge in [0, 0.05) is 31.4 Å². The van der Waals surface area contributed by atoms with Gasteiger partial charge in [-0.05, 0) is 25.0 Å². The molecule has 2 atom stereocenters. The number of rotatable bonds is 5. The molecule has 1 aliphatic rings. The summed E-state index contributed by atoms with van der Waals surface area (Å²) in [4.78, 5) is 18.6. The second kappa shape index (κ2) is 7.46. The highest BCUT2D eigenvalue weighted by Crippen LogP contribution is 2.27. The Kier molecular flexibility index (Phi) is 5.12. The Labute approximate surface area is 135 Å². The van der Waals surface area contributed by atoms with Crippen LogP contribution in [-0.4, -0.2) is 38.1 Å². The van der Waals surface area contributed by atoms with Gasteiger partial charge in [-0.25, -0.2) is 4.98 Å². The molecule has 0 radical (unpaired) electrons. The molecule has 2 aromatic rings. The van der Waals surface area contributed by atoms with Crippen LogP contribution in [0.1, 0.15) is 44.0 Å². The predicted molar refractivity (Wildman–Crippen MR) is 84.5 cm³/mol. The number of hydrogen-bond donors (Lipinski definition) is 1. The van der Waals surface area contributed by atoms with Gasteiger partial charge < -0.3 is 19.0 Å². The Bertz CT molecular complexity index is 595. The SMILES string of the molecule is O=C(Cn1ccnc1)N1CCCCC[C@H]1C[C@H](O)c1ccco1. The Morgan fingerprint density at radius 3 is 3.09 bits per heavy atom. The fourth-order valence-corrected chi connectivity index (χ4v) is 3.23. The summed E-state index contributed by atoms with van der Waals surface area (Å²) in [7, 11) is 0. The van der Waals surface area contributed by atoms with E-state index in [-0.39, 0.29) is 11.9 Å². The van der Waals surface area contributed by atoms with Gasteiger partial charge in [0.25, 0.3) is 0 Å². The minimum absolute atomic E-state index is 0.0496. The van der Waals surface area contributed by atoms with Gasteiger partial charge in [-0.1, -0.05) is 12.8 Å². The van der Waals surface area contributed by atoms with E-state index in [4.69, 9.17) is 4.42 Å². The summed E-state index contributed by atoms with van der Waals surface area (Å²) >= 11 is 0. The minimum atomic E-state index is -0.670. The average Bonchev–Trinajstić information content (AvgIpc) is 3.19. The number of amides is 1. The van der Waals surface area contributed by atoms with Crippen molar-refractivity contribution in [2.75, 3.05) is 6.54 Å². The van der Waals surface area contributed by atoms with E-state index < -0.39 is 6.10 Å². The van der Waals surface area contributed by atoms with Gasteiger partial charge in [0.15, 0.2) is 0 Å². The van der Waals surface area contributed by atoms with Crippen LogP contribution in [0.15, 0.2) is 41.5 Å². The van der Waals surface area contributed by atoms with E-state index in [0.717, 1.165) is 32.2 Å². The van der Waals surface area contributed by atoms with Crippen LogP contribution in [0.4, 0.5) is 0 Å². The van der Waals surface area contributed by atoms with Gasteiger partial charge in [0.05, 0.1) is 12.6 Å². The second-order valence-electron chi connectivity index (χ2n) is 6.09. The van der Waals surface area contributed by atoms with Crippen molar-refractivity contribution < 1.29 is 14.3 Å². The Hall–Kier alpha value is -2.08. The van der Waals surface area contributed by atoms with Gasteiger partial charge in [0.2, 0.25) is 5.91 Å². The topological polar surface area (TPSA) is 71.5 Å². The molecule has 0 spiro atoms. The number of carbonyl (C=O) groups excluding carboxylic acids is 1. The highest BCUT2D eigenvalue weighted by atomic mass is 16.4. The number of furan rings is 1. The quantitative estimate of drug-likeness (QED) is 0.919. The van der Waals surface area contributed by atoms with Gasteiger partial charge in [-0.15, -0.1) is 0 Å². The molecule has 0 unspecified atom stereocenters. The first-order valence-electron chi connectivity index (χ1n) is 8.20. The van der Waals surface area contributed by atoms with Crippen LogP contribution in [0.25, 0.3) is 0 Å². The maximum absolute atomic E-state index is 12.7. The number of nitrogens with zero attached hydrogens (tertiary/aromatic N) is 3. The highest BCUT2D eigenvalue weighted by molar-refractivity contribution is 5.76. The molecule has 6 heteroatoms. The molecule has 0 saturated carbocycles. The molecule has 1 aliphatic heterocycles. The maximum atomic E-state index is 12.7. The molecule has 1 N–H and O–H groups in total. The number of hydrogen-bond acceptors (Lipinski definition) is 4. The van der Waals surface area contributed by atoms with Crippen molar-refractivity contribution in [1.29, 1.82) is 0 Å². The van der Waals surface area contributed by atoms with Crippen molar-refractivity contribution >= 4 is 5.91 Å². The van der Waals surface area contributed by atoms with E-state index in [9.17, 15) is 9.90 Å². The summed E-state index contributed by atoms with van der Waals surface area (Å²) in [5.41, 5.74) is 0. The second-order valence-corrected chi connectivity index (χ2v) is 6.09. The molecule has 124 valence electrons. The first kappa shape index (κ1) is 15.8. The molecular weight excluding hydrogens is 294 g/mol. The summed E-state index contributed by atoms with van der Waals surface area (Å²) in [6.45, 7) is 1.05. The van der Waals surface area contributed by atoms with Crippen molar-refractivity contribution in [1.82, 2.24) is 14.5 Å². The van der Waals surface area contributed by atoms with Crippen LogP contribution < -0.4 is 0 Å². The zero-order valence-corrected chi connectivity index (χ0v) is 13.2. The fourth-order valence-electron chi connectivity index (χ4n) is 3.23. The molecule has 23 heavy (non-hydrogen) atoms. The number of aliphatic hydroxyl groups excluding tert-OH is 1. The third-order valence-electron chi connectivity index (χ3n) is 4.44. The van der Waals surface area contributed by atoms with Gasteiger partial charge in [0.1, 0.15) is 18.4 Å². The fraction of sp³-hybridized carbons (Fsp3) is 0.529. The van der Waals surface area contributed by atoms with Crippen molar-refractivity contribution in [3.63, 3.8) is 0 Å². The van der Waals surface area contributed by atoms with E-state index in [1.807, 2.05) is 4.90 Å². The van der Waals surface area contributed by atoms with Crippen LogP contribution in [0.3, 0.4) is 0 Å². The smallest absolute Gasteiger partial charge is 0.242 e. The molecule has 1 amide bonds. The number of aromatic nitrogens is 2.